The monoisotopic (exact) mass is 637 g/mol. The standard InChI is InChI=1S/C26H35N7O12/c1-15(6-23(39)40)25(43)33-18(7-27-12-24(41)42)26(44)31-10-21(37)29-8-19(35)28-9-20(36)30-11-22(38)32-17-4-2-16(3-5-17)13-45-14-34/h2-5,14-15,18,27H,6-13H2,1H3,(H,28,35)(H,29,37)(H,30,36)(H,31,44)(H,32,38)(H,33,43)(H,39,40)(H,41,42). The lowest BCUT2D eigenvalue weighted by molar-refractivity contribution is -0.141. The predicted octanol–water partition coefficient (Wildman–Crippen LogP) is -3.97. The van der Waals surface area contributed by atoms with E-state index >= 15 is 0 Å². The summed E-state index contributed by atoms with van der Waals surface area (Å²) in [6, 6.07) is 5.06. The average molecular weight is 638 g/mol. The minimum absolute atomic E-state index is 0.0782. The molecule has 0 spiro atoms. The third-order valence-electron chi connectivity index (χ3n) is 5.50. The summed E-state index contributed by atoms with van der Waals surface area (Å²) in [7, 11) is 0. The lowest BCUT2D eigenvalue weighted by atomic mass is 10.1. The lowest BCUT2D eigenvalue weighted by Gasteiger charge is -2.20. The van der Waals surface area contributed by atoms with E-state index in [-0.39, 0.29) is 13.2 Å². The molecule has 0 heterocycles. The van der Waals surface area contributed by atoms with Crippen molar-refractivity contribution < 1.29 is 58.1 Å². The molecule has 9 N–H and O–H groups in total. The molecule has 1 rings (SSSR count). The van der Waals surface area contributed by atoms with Gasteiger partial charge in [0.25, 0.3) is 6.47 Å². The van der Waals surface area contributed by atoms with Crippen molar-refractivity contribution in [2.24, 2.45) is 5.92 Å². The number of amides is 6. The Morgan fingerprint density at radius 1 is 0.733 bits per heavy atom. The number of carbonyl (C=O) groups is 9. The number of nitrogens with one attached hydrogen (secondary N) is 7. The number of benzene rings is 1. The van der Waals surface area contributed by atoms with Crippen LogP contribution in [0.25, 0.3) is 0 Å². The Morgan fingerprint density at radius 3 is 1.78 bits per heavy atom. The number of aliphatic carboxylic acids is 2. The van der Waals surface area contributed by atoms with Gasteiger partial charge in [0.15, 0.2) is 0 Å². The van der Waals surface area contributed by atoms with Crippen molar-refractivity contribution in [1.82, 2.24) is 31.9 Å². The van der Waals surface area contributed by atoms with Crippen LogP contribution in [0.3, 0.4) is 0 Å². The molecule has 246 valence electrons. The number of hydrogen-bond donors (Lipinski definition) is 9. The minimum atomic E-state index is -1.35. The summed E-state index contributed by atoms with van der Waals surface area (Å²) >= 11 is 0. The summed E-state index contributed by atoms with van der Waals surface area (Å²) < 4.78 is 4.62. The molecule has 0 radical (unpaired) electrons. The molecule has 0 saturated carbocycles. The summed E-state index contributed by atoms with van der Waals surface area (Å²) in [4.78, 5) is 104. The highest BCUT2D eigenvalue weighted by Crippen LogP contribution is 2.10. The molecular weight excluding hydrogens is 602 g/mol. The number of hydrogen-bond acceptors (Lipinski definition) is 11. The van der Waals surface area contributed by atoms with E-state index in [0.29, 0.717) is 17.7 Å². The van der Waals surface area contributed by atoms with Crippen molar-refractivity contribution in [1.29, 1.82) is 0 Å². The zero-order chi connectivity index (χ0) is 33.8. The maximum atomic E-state index is 12.5. The molecule has 0 bridgehead atoms. The van der Waals surface area contributed by atoms with Gasteiger partial charge in [-0.25, -0.2) is 0 Å². The zero-order valence-electron chi connectivity index (χ0n) is 24.2. The fourth-order valence-corrected chi connectivity index (χ4v) is 3.24. The Hall–Kier alpha value is -5.59. The van der Waals surface area contributed by atoms with E-state index in [1.807, 2.05) is 0 Å². The average Bonchev–Trinajstić information content (AvgIpc) is 2.99. The number of carbonyl (C=O) groups excluding carboxylic acids is 7. The van der Waals surface area contributed by atoms with Crippen LogP contribution in [0.4, 0.5) is 5.69 Å². The van der Waals surface area contributed by atoms with Crippen molar-refractivity contribution in [3.8, 4) is 0 Å². The molecule has 0 aromatic heterocycles. The van der Waals surface area contributed by atoms with E-state index in [9.17, 15) is 43.2 Å². The van der Waals surface area contributed by atoms with Gasteiger partial charge in [0.2, 0.25) is 35.4 Å². The van der Waals surface area contributed by atoms with Crippen LogP contribution >= 0.6 is 0 Å². The van der Waals surface area contributed by atoms with Gasteiger partial charge < -0.3 is 52.2 Å². The van der Waals surface area contributed by atoms with Gasteiger partial charge in [0, 0.05) is 18.2 Å². The van der Waals surface area contributed by atoms with Crippen LogP contribution in [0.2, 0.25) is 0 Å². The molecule has 19 nitrogen and oxygen atoms in total. The van der Waals surface area contributed by atoms with Crippen LogP contribution < -0.4 is 37.2 Å². The van der Waals surface area contributed by atoms with Crippen LogP contribution in [0.1, 0.15) is 18.9 Å². The van der Waals surface area contributed by atoms with E-state index in [4.69, 9.17) is 10.2 Å². The highest BCUT2D eigenvalue weighted by molar-refractivity contribution is 5.96. The van der Waals surface area contributed by atoms with E-state index in [1.54, 1.807) is 24.3 Å². The van der Waals surface area contributed by atoms with E-state index in [2.05, 4.69) is 42.0 Å². The molecule has 1 aromatic carbocycles. The molecule has 19 heteroatoms. The normalized spacial score (nSPS) is 11.5. The maximum absolute atomic E-state index is 12.5. The van der Waals surface area contributed by atoms with Gasteiger partial charge in [-0.05, 0) is 17.7 Å². The molecule has 2 atom stereocenters. The van der Waals surface area contributed by atoms with Crippen LogP contribution in [0.5, 0.6) is 0 Å². The number of rotatable bonds is 21. The van der Waals surface area contributed by atoms with Gasteiger partial charge in [0.05, 0.1) is 39.1 Å². The third kappa shape index (κ3) is 17.2. The van der Waals surface area contributed by atoms with Gasteiger partial charge in [-0.2, -0.15) is 0 Å². The fourth-order valence-electron chi connectivity index (χ4n) is 3.24. The Morgan fingerprint density at radius 2 is 1.27 bits per heavy atom. The van der Waals surface area contributed by atoms with Crippen LogP contribution in [-0.4, -0.2) is 109 Å². The molecule has 2 unspecified atom stereocenters. The first kappa shape index (κ1) is 37.4. The van der Waals surface area contributed by atoms with Crippen molar-refractivity contribution in [2.45, 2.75) is 26.0 Å². The van der Waals surface area contributed by atoms with Gasteiger partial charge in [-0.3, -0.25) is 43.2 Å². The molecule has 6 amide bonds. The molecular formula is C26H35N7O12. The SMILES string of the molecule is CC(CC(=O)O)C(=O)NC(CNCC(=O)O)C(=O)NCC(=O)NCC(=O)NCC(=O)NCC(=O)Nc1ccc(COC=O)cc1. The quantitative estimate of drug-likeness (QED) is 0.0582. The molecule has 0 saturated heterocycles. The van der Waals surface area contributed by atoms with Crippen LogP contribution in [0.15, 0.2) is 24.3 Å². The summed E-state index contributed by atoms with van der Waals surface area (Å²) in [5.41, 5.74) is 1.14. The molecule has 0 fully saturated rings. The van der Waals surface area contributed by atoms with Crippen molar-refractivity contribution in [2.75, 3.05) is 44.6 Å². The topological polar surface area (TPSA) is 288 Å². The van der Waals surface area contributed by atoms with E-state index in [0.717, 1.165) is 0 Å². The summed E-state index contributed by atoms with van der Waals surface area (Å²) in [6.45, 7) is -1.27. The summed E-state index contributed by atoms with van der Waals surface area (Å²) in [5, 5.41) is 33.8. The second-order valence-electron chi connectivity index (χ2n) is 9.29. The maximum Gasteiger partial charge on any atom is 0.317 e. The smallest absolute Gasteiger partial charge is 0.317 e. The Balaban J connectivity index is 2.39. The second-order valence-corrected chi connectivity index (χ2v) is 9.29. The molecule has 45 heavy (non-hydrogen) atoms. The molecule has 1 aromatic rings. The fraction of sp³-hybridized carbons (Fsp3) is 0.423. The van der Waals surface area contributed by atoms with E-state index in [1.165, 1.54) is 6.92 Å². The third-order valence-corrected chi connectivity index (χ3v) is 5.50. The van der Waals surface area contributed by atoms with Gasteiger partial charge in [-0.1, -0.05) is 19.1 Å². The van der Waals surface area contributed by atoms with Gasteiger partial charge in [0.1, 0.15) is 12.6 Å². The Labute approximate surface area is 256 Å². The highest BCUT2D eigenvalue weighted by Gasteiger charge is 2.25. The highest BCUT2D eigenvalue weighted by atomic mass is 16.5. The lowest BCUT2D eigenvalue weighted by Crippen LogP contribution is -2.54. The zero-order valence-corrected chi connectivity index (χ0v) is 24.2. The summed E-state index contributed by atoms with van der Waals surface area (Å²) in [6.07, 6.45) is -0.512. The van der Waals surface area contributed by atoms with Crippen molar-refractivity contribution in [3.05, 3.63) is 29.8 Å². The number of anilines is 1. The number of carboxylic acid groups (broad SMARTS) is 2. The van der Waals surface area contributed by atoms with Gasteiger partial charge in [-0.15, -0.1) is 0 Å². The van der Waals surface area contributed by atoms with Gasteiger partial charge >= 0.3 is 11.9 Å². The predicted molar refractivity (Wildman–Crippen MR) is 152 cm³/mol. The van der Waals surface area contributed by atoms with Crippen molar-refractivity contribution >= 4 is 59.5 Å². The first-order valence-corrected chi connectivity index (χ1v) is 13.3. The van der Waals surface area contributed by atoms with E-state index < -0.39 is 98.5 Å². The van der Waals surface area contributed by atoms with Crippen molar-refractivity contribution in [3.63, 3.8) is 0 Å². The molecule has 0 aliphatic rings. The first-order valence-electron chi connectivity index (χ1n) is 13.3. The van der Waals surface area contributed by atoms with Crippen LogP contribution in [-0.2, 0) is 54.5 Å². The molecule has 0 aliphatic carbocycles. The Kier molecular flexibility index (Phi) is 16.9. The summed E-state index contributed by atoms with van der Waals surface area (Å²) in [5.74, 6) is -7.96. The van der Waals surface area contributed by atoms with Crippen LogP contribution in [0, 0.1) is 5.92 Å². The number of carboxylic acids is 2. The minimum Gasteiger partial charge on any atom is -0.481 e. The second kappa shape index (κ2) is 20.3. The largest absolute Gasteiger partial charge is 0.481 e. The first-order chi connectivity index (χ1) is 21.3. The Bertz CT molecular complexity index is 1240. The molecule has 0 aliphatic heterocycles. The number of ether oxygens (including phenoxy) is 1.